The number of benzene rings is 1. The van der Waals surface area contributed by atoms with Crippen LogP contribution in [0.5, 0.6) is 0 Å². The third-order valence-corrected chi connectivity index (χ3v) is 6.23. The van der Waals surface area contributed by atoms with Crippen molar-refractivity contribution in [3.05, 3.63) is 57.0 Å². The Hall–Kier alpha value is -2.47. The fraction of sp³-hybridized carbons (Fsp3) is 0.381. The lowest BCUT2D eigenvalue weighted by molar-refractivity contribution is -0.116. The molecule has 0 saturated heterocycles. The van der Waals surface area contributed by atoms with E-state index in [0.717, 1.165) is 27.4 Å². The number of aromatic nitrogens is 2. The van der Waals surface area contributed by atoms with Crippen molar-refractivity contribution < 1.29 is 4.79 Å². The molecule has 3 rings (SSSR count). The average Bonchev–Trinajstić information content (AvgIpc) is 2.96. The van der Waals surface area contributed by atoms with Gasteiger partial charge in [-0.25, -0.2) is 4.98 Å². The number of nitrogens with zero attached hydrogens (tertiary/aromatic N) is 2. The average molecular weight is 384 g/mol. The molecule has 1 amide bonds. The molecule has 0 aliphatic heterocycles. The first-order valence-electron chi connectivity index (χ1n) is 9.25. The second-order valence-electron chi connectivity index (χ2n) is 6.94. The van der Waals surface area contributed by atoms with Crippen LogP contribution in [0.25, 0.3) is 10.2 Å². The maximum atomic E-state index is 12.7. The first kappa shape index (κ1) is 19.3. The van der Waals surface area contributed by atoms with Gasteiger partial charge in [0.05, 0.1) is 11.7 Å². The third kappa shape index (κ3) is 4.11. The molecule has 0 spiro atoms. The summed E-state index contributed by atoms with van der Waals surface area (Å²) in [4.78, 5) is 31.2. The Morgan fingerprint density at radius 3 is 2.63 bits per heavy atom. The van der Waals surface area contributed by atoms with E-state index in [1.807, 2.05) is 38.1 Å². The number of nitrogens with one attached hydrogen (secondary N) is 1. The van der Waals surface area contributed by atoms with Crippen molar-refractivity contribution in [3.63, 3.8) is 0 Å². The zero-order valence-corrected chi connectivity index (χ0v) is 17.0. The number of anilines is 1. The van der Waals surface area contributed by atoms with Crippen LogP contribution in [0.2, 0.25) is 0 Å². The quantitative estimate of drug-likeness (QED) is 0.676. The van der Waals surface area contributed by atoms with Crippen molar-refractivity contribution in [2.24, 2.45) is 0 Å². The van der Waals surface area contributed by atoms with E-state index in [-0.39, 0.29) is 17.9 Å². The van der Waals surface area contributed by atoms with E-state index in [1.165, 1.54) is 27.8 Å². The molecular formula is C21H25N3O2S. The van der Waals surface area contributed by atoms with Gasteiger partial charge in [0, 0.05) is 23.5 Å². The molecule has 142 valence electrons. The molecule has 5 nitrogen and oxygen atoms in total. The van der Waals surface area contributed by atoms with E-state index in [1.54, 1.807) is 0 Å². The summed E-state index contributed by atoms with van der Waals surface area (Å²) in [6.45, 7) is 8.59. The monoisotopic (exact) mass is 383 g/mol. The minimum Gasteiger partial charge on any atom is -0.326 e. The van der Waals surface area contributed by atoms with Crippen LogP contribution in [0, 0.1) is 13.8 Å². The Labute approximate surface area is 163 Å². The lowest BCUT2D eigenvalue weighted by atomic mass is 9.99. The van der Waals surface area contributed by atoms with Crippen LogP contribution in [0.15, 0.2) is 35.4 Å². The predicted octanol–water partition coefficient (Wildman–Crippen LogP) is 4.62. The van der Waals surface area contributed by atoms with Crippen LogP contribution in [-0.2, 0) is 11.3 Å². The highest BCUT2D eigenvalue weighted by molar-refractivity contribution is 7.18. The van der Waals surface area contributed by atoms with Gasteiger partial charge in [-0.3, -0.25) is 14.2 Å². The van der Waals surface area contributed by atoms with Crippen LogP contribution >= 0.6 is 11.3 Å². The lowest BCUT2D eigenvalue weighted by Gasteiger charge is -2.11. The molecule has 1 unspecified atom stereocenters. The number of carbonyl (C=O) groups is 1. The summed E-state index contributed by atoms with van der Waals surface area (Å²) in [5.41, 5.74) is 2.94. The number of hydrogen-bond donors (Lipinski definition) is 1. The molecule has 1 aromatic carbocycles. The largest absolute Gasteiger partial charge is 0.326 e. The molecule has 2 heterocycles. The highest BCUT2D eigenvalue weighted by atomic mass is 32.1. The van der Waals surface area contributed by atoms with Gasteiger partial charge in [0.25, 0.3) is 5.56 Å². The predicted molar refractivity (Wildman–Crippen MR) is 112 cm³/mol. The van der Waals surface area contributed by atoms with E-state index < -0.39 is 0 Å². The molecule has 1 atom stereocenters. The summed E-state index contributed by atoms with van der Waals surface area (Å²) in [6, 6.07) is 7.95. The molecule has 0 bridgehead atoms. The van der Waals surface area contributed by atoms with E-state index >= 15 is 0 Å². The summed E-state index contributed by atoms with van der Waals surface area (Å²) in [7, 11) is 0. The standard InChI is InChI=1S/C21H25N3O2S/c1-5-13(2)16-6-8-17(9-7-16)23-18(25)10-11-24-12-22-20-19(21(24)26)14(3)15(4)27-20/h6-9,12-13H,5,10-11H2,1-4H3,(H,23,25). The SMILES string of the molecule is CCC(C)c1ccc(NC(=O)CCn2cnc3sc(C)c(C)c3c2=O)cc1. The highest BCUT2D eigenvalue weighted by Gasteiger charge is 2.13. The number of thiophene rings is 1. The van der Waals surface area contributed by atoms with Crippen molar-refractivity contribution in [2.45, 2.75) is 53.0 Å². The second kappa shape index (κ2) is 8.05. The van der Waals surface area contributed by atoms with Gasteiger partial charge in [0.1, 0.15) is 4.83 Å². The Morgan fingerprint density at radius 2 is 1.96 bits per heavy atom. The van der Waals surface area contributed by atoms with Crippen molar-refractivity contribution in [1.29, 1.82) is 0 Å². The number of amides is 1. The van der Waals surface area contributed by atoms with E-state index in [9.17, 15) is 9.59 Å². The Bertz CT molecular complexity index is 1020. The van der Waals surface area contributed by atoms with Crippen LogP contribution in [0.3, 0.4) is 0 Å². The minimum absolute atomic E-state index is 0.0763. The molecule has 0 aliphatic carbocycles. The molecule has 6 heteroatoms. The van der Waals surface area contributed by atoms with Crippen molar-refractivity contribution in [2.75, 3.05) is 5.32 Å². The van der Waals surface area contributed by atoms with Crippen molar-refractivity contribution >= 4 is 33.1 Å². The van der Waals surface area contributed by atoms with Gasteiger partial charge < -0.3 is 5.32 Å². The lowest BCUT2D eigenvalue weighted by Crippen LogP contribution is -2.23. The number of rotatable bonds is 6. The molecule has 0 fully saturated rings. The fourth-order valence-electron chi connectivity index (χ4n) is 3.01. The normalized spacial score (nSPS) is 12.3. The second-order valence-corrected chi connectivity index (χ2v) is 8.14. The smallest absolute Gasteiger partial charge is 0.262 e. The first-order chi connectivity index (χ1) is 12.9. The Balaban J connectivity index is 1.66. The summed E-state index contributed by atoms with van der Waals surface area (Å²) in [5, 5.41) is 3.56. The molecule has 3 aromatic rings. The van der Waals surface area contributed by atoms with Crippen LogP contribution in [0.1, 0.15) is 48.6 Å². The van der Waals surface area contributed by atoms with Gasteiger partial charge in [-0.2, -0.15) is 0 Å². The molecular weight excluding hydrogens is 358 g/mol. The topological polar surface area (TPSA) is 64.0 Å². The van der Waals surface area contributed by atoms with Crippen LogP contribution in [-0.4, -0.2) is 15.5 Å². The van der Waals surface area contributed by atoms with Gasteiger partial charge in [-0.05, 0) is 49.4 Å². The summed E-state index contributed by atoms with van der Waals surface area (Å²) in [5.74, 6) is 0.393. The molecule has 1 N–H and O–H groups in total. The maximum Gasteiger partial charge on any atom is 0.262 e. The maximum absolute atomic E-state index is 12.7. The molecule has 0 radical (unpaired) electrons. The van der Waals surface area contributed by atoms with Gasteiger partial charge in [0.2, 0.25) is 5.91 Å². The first-order valence-corrected chi connectivity index (χ1v) is 10.1. The molecule has 2 aromatic heterocycles. The van der Waals surface area contributed by atoms with Gasteiger partial charge in [-0.1, -0.05) is 26.0 Å². The minimum atomic E-state index is -0.114. The van der Waals surface area contributed by atoms with E-state index in [2.05, 4.69) is 24.1 Å². The van der Waals surface area contributed by atoms with Crippen LogP contribution < -0.4 is 10.9 Å². The fourth-order valence-corrected chi connectivity index (χ4v) is 3.99. The third-order valence-electron chi connectivity index (χ3n) is 5.11. The summed E-state index contributed by atoms with van der Waals surface area (Å²) in [6.07, 6.45) is 2.85. The molecule has 0 saturated carbocycles. The number of hydrogen-bond acceptors (Lipinski definition) is 4. The zero-order chi connectivity index (χ0) is 19.6. The van der Waals surface area contributed by atoms with E-state index in [0.29, 0.717) is 17.8 Å². The van der Waals surface area contributed by atoms with Crippen molar-refractivity contribution in [3.8, 4) is 0 Å². The molecule has 27 heavy (non-hydrogen) atoms. The van der Waals surface area contributed by atoms with E-state index in [4.69, 9.17) is 0 Å². The van der Waals surface area contributed by atoms with Gasteiger partial charge in [0.15, 0.2) is 0 Å². The van der Waals surface area contributed by atoms with Gasteiger partial charge >= 0.3 is 0 Å². The molecule has 0 aliphatic rings. The zero-order valence-electron chi connectivity index (χ0n) is 16.2. The number of fused-ring (bicyclic) bond motifs is 1. The number of aryl methyl sites for hydroxylation is 3. The summed E-state index contributed by atoms with van der Waals surface area (Å²) < 4.78 is 1.52. The van der Waals surface area contributed by atoms with Crippen LogP contribution in [0.4, 0.5) is 5.69 Å². The highest BCUT2D eigenvalue weighted by Crippen LogP contribution is 2.25. The van der Waals surface area contributed by atoms with Crippen molar-refractivity contribution in [1.82, 2.24) is 9.55 Å². The van der Waals surface area contributed by atoms with Gasteiger partial charge in [-0.15, -0.1) is 11.3 Å². The summed E-state index contributed by atoms with van der Waals surface area (Å²) >= 11 is 1.53. The Morgan fingerprint density at radius 1 is 1.26 bits per heavy atom. The Kier molecular flexibility index (Phi) is 5.75. The number of carbonyl (C=O) groups excluding carboxylic acids is 1.